The molecule has 0 aromatic rings. The van der Waals surface area contributed by atoms with Crippen LogP contribution in [-0.4, -0.2) is 47.0 Å². The zero-order valence-electron chi connectivity index (χ0n) is 15.3. The molecule has 0 rings (SSSR count). The Balaban J connectivity index is -0.0000000544. The standard InChI is InChI=1S/4C3H4O3.C2H3N.Zr/c4*1-2(4)3(5)6;1-2-3;/h4*1H3,(H,5,6);1H3;/q;;;;;+4/p-4. The third-order valence-corrected chi connectivity index (χ3v) is 1.15. The van der Waals surface area contributed by atoms with E-state index in [0.29, 0.717) is 0 Å². The van der Waals surface area contributed by atoms with Crippen molar-refractivity contribution in [1.29, 1.82) is 5.26 Å². The summed E-state index contributed by atoms with van der Waals surface area (Å²) < 4.78 is 0. The largest absolute Gasteiger partial charge is 4.00 e. The van der Waals surface area contributed by atoms with Crippen LogP contribution < -0.4 is 20.4 Å². The number of nitrogens with zero attached hydrogens (tertiary/aromatic N) is 1. The van der Waals surface area contributed by atoms with Crippen molar-refractivity contribution >= 4 is 47.0 Å². The summed E-state index contributed by atoms with van der Waals surface area (Å²) in [7, 11) is 0. The fraction of sp³-hybridized carbons (Fsp3) is 0.357. The van der Waals surface area contributed by atoms with Crippen LogP contribution in [0.5, 0.6) is 0 Å². The first-order valence-corrected chi connectivity index (χ1v) is 6.17. The van der Waals surface area contributed by atoms with Crippen LogP contribution >= 0.6 is 0 Å². The van der Waals surface area contributed by atoms with Gasteiger partial charge < -0.3 is 39.6 Å². The maximum Gasteiger partial charge on any atom is 4.00 e. The minimum atomic E-state index is -1.63. The van der Waals surface area contributed by atoms with E-state index >= 15 is 0 Å². The molecule has 152 valence electrons. The molecule has 0 spiro atoms. The van der Waals surface area contributed by atoms with Crippen LogP contribution in [0.2, 0.25) is 0 Å². The Morgan fingerprint density at radius 2 is 0.571 bits per heavy atom. The summed E-state index contributed by atoms with van der Waals surface area (Å²) >= 11 is 0. The predicted molar refractivity (Wildman–Crippen MR) is 74.0 cm³/mol. The summed E-state index contributed by atoms with van der Waals surface area (Å²) in [5.74, 6) is -10.3. The van der Waals surface area contributed by atoms with Gasteiger partial charge in [-0.2, -0.15) is 5.26 Å². The normalized spacial score (nSPS) is 6.71. The van der Waals surface area contributed by atoms with Crippen molar-refractivity contribution < 1.29 is 85.0 Å². The molecule has 0 unspecified atom stereocenters. The van der Waals surface area contributed by atoms with Gasteiger partial charge in [0.1, 0.15) is 23.9 Å². The second-order valence-electron chi connectivity index (χ2n) is 3.60. The molecule has 0 atom stereocenters. The van der Waals surface area contributed by atoms with E-state index in [4.69, 9.17) is 5.26 Å². The van der Waals surface area contributed by atoms with E-state index in [0.717, 1.165) is 27.7 Å². The van der Waals surface area contributed by atoms with E-state index in [-0.39, 0.29) is 26.2 Å². The fourth-order valence-electron chi connectivity index (χ4n) is 0. The third kappa shape index (κ3) is 66.0. The van der Waals surface area contributed by atoms with Crippen molar-refractivity contribution in [2.45, 2.75) is 34.6 Å². The first-order chi connectivity index (χ1) is 12.0. The van der Waals surface area contributed by atoms with Gasteiger partial charge in [-0.1, -0.05) is 0 Å². The third-order valence-electron chi connectivity index (χ3n) is 1.15. The average molecular weight is 480 g/mol. The molecule has 14 heteroatoms. The van der Waals surface area contributed by atoms with Crippen LogP contribution in [0.3, 0.4) is 0 Å². The number of hydrogen-bond donors (Lipinski definition) is 0. The molecule has 0 aromatic carbocycles. The van der Waals surface area contributed by atoms with Crippen molar-refractivity contribution in [2.75, 3.05) is 0 Å². The topological polar surface area (TPSA) is 253 Å². The monoisotopic (exact) mass is 479 g/mol. The smallest absolute Gasteiger partial charge is 0.542 e. The summed E-state index contributed by atoms with van der Waals surface area (Å²) in [6, 6.07) is 1.75. The van der Waals surface area contributed by atoms with E-state index < -0.39 is 47.0 Å². The second kappa shape index (κ2) is 26.2. The number of aliphatic carboxylic acids is 4. The number of rotatable bonds is 4. The summed E-state index contributed by atoms with van der Waals surface area (Å²) in [5.41, 5.74) is 0. The molecule has 28 heavy (non-hydrogen) atoms. The number of carboxylic acids is 4. The van der Waals surface area contributed by atoms with E-state index in [2.05, 4.69) is 0 Å². The van der Waals surface area contributed by atoms with Gasteiger partial charge in [-0.3, -0.25) is 19.2 Å². The average Bonchev–Trinajstić information content (AvgIpc) is 2.49. The van der Waals surface area contributed by atoms with Crippen molar-refractivity contribution in [1.82, 2.24) is 0 Å². The molecule has 0 amide bonds. The summed E-state index contributed by atoms with van der Waals surface area (Å²) in [5, 5.41) is 44.3. The molecule has 0 fully saturated rings. The van der Waals surface area contributed by atoms with Gasteiger partial charge in [0.25, 0.3) is 0 Å². The molecule has 0 heterocycles. The molecule has 0 N–H and O–H groups in total. The van der Waals surface area contributed by atoms with Crippen LogP contribution in [0.4, 0.5) is 0 Å². The first-order valence-electron chi connectivity index (χ1n) is 6.17. The Morgan fingerprint density at radius 1 is 0.536 bits per heavy atom. The molecule has 13 nitrogen and oxygen atoms in total. The van der Waals surface area contributed by atoms with Gasteiger partial charge in [0.05, 0.1) is 6.07 Å². The van der Waals surface area contributed by atoms with Crippen LogP contribution in [0.25, 0.3) is 0 Å². The van der Waals surface area contributed by atoms with Gasteiger partial charge >= 0.3 is 26.2 Å². The number of hydrogen-bond acceptors (Lipinski definition) is 13. The zero-order chi connectivity index (χ0) is 23.3. The van der Waals surface area contributed by atoms with Crippen molar-refractivity contribution in [3.63, 3.8) is 0 Å². The quantitative estimate of drug-likeness (QED) is 0.340. The maximum absolute atomic E-state index is 9.48. The van der Waals surface area contributed by atoms with E-state index in [9.17, 15) is 58.8 Å². The second-order valence-corrected chi connectivity index (χ2v) is 3.60. The van der Waals surface area contributed by atoms with Gasteiger partial charge in [0, 0.05) is 34.6 Å². The van der Waals surface area contributed by atoms with Gasteiger partial charge in [-0.25, -0.2) is 0 Å². The van der Waals surface area contributed by atoms with Crippen LogP contribution in [-0.2, 0) is 64.6 Å². The minimum Gasteiger partial charge on any atom is -0.542 e. The number of carbonyl (C=O) groups excluding carboxylic acids is 8. The van der Waals surface area contributed by atoms with Crippen LogP contribution in [0.1, 0.15) is 34.6 Å². The fourth-order valence-corrected chi connectivity index (χ4v) is 0. The number of ketones is 4. The molecular formula is C14H15NO12Zr. The van der Waals surface area contributed by atoms with Gasteiger partial charge in [0.15, 0.2) is 23.1 Å². The van der Waals surface area contributed by atoms with Gasteiger partial charge in [-0.05, 0) is 0 Å². The van der Waals surface area contributed by atoms with E-state index in [1.165, 1.54) is 6.92 Å². The van der Waals surface area contributed by atoms with Crippen LogP contribution in [0, 0.1) is 11.3 Å². The number of carbonyl (C=O) groups is 8. The van der Waals surface area contributed by atoms with Crippen LogP contribution in [0.15, 0.2) is 0 Å². The molecular weight excluding hydrogens is 465 g/mol. The molecule has 0 saturated carbocycles. The molecule has 0 aliphatic carbocycles. The molecule has 0 bridgehead atoms. The molecule has 0 aliphatic rings. The molecule has 0 aliphatic heterocycles. The molecule has 0 aromatic heterocycles. The molecule has 0 radical (unpaired) electrons. The first kappa shape index (κ1) is 39.8. The van der Waals surface area contributed by atoms with Crippen molar-refractivity contribution in [3.05, 3.63) is 0 Å². The SMILES string of the molecule is CC#N.CC(=O)C(=O)[O-].CC(=O)C(=O)[O-].CC(=O)C(=O)[O-].CC(=O)C(=O)[O-].[Zr+4]. The van der Waals surface area contributed by atoms with Gasteiger partial charge in [0.2, 0.25) is 0 Å². The minimum absolute atomic E-state index is 0. The summed E-state index contributed by atoms with van der Waals surface area (Å²) in [4.78, 5) is 74.9. The molecule has 0 saturated heterocycles. The predicted octanol–water partition coefficient (Wildman–Crippen LogP) is -6.17. The maximum atomic E-state index is 9.48. The Hall–Kier alpha value is -3.07. The Kier molecular flexibility index (Phi) is 37.2. The Bertz CT molecular complexity index is 474. The van der Waals surface area contributed by atoms with Crippen molar-refractivity contribution in [2.24, 2.45) is 0 Å². The number of Topliss-reactive ketones (excluding diaryl/α,β-unsaturated/α-hetero) is 4. The number of carboxylic acid groups (broad SMARTS) is 4. The van der Waals surface area contributed by atoms with E-state index in [1.807, 2.05) is 0 Å². The summed E-state index contributed by atoms with van der Waals surface area (Å²) in [6.45, 7) is 5.19. The Morgan fingerprint density at radius 3 is 0.571 bits per heavy atom. The Labute approximate surface area is 178 Å². The summed E-state index contributed by atoms with van der Waals surface area (Å²) in [6.07, 6.45) is 0. The van der Waals surface area contributed by atoms with Gasteiger partial charge in [-0.15, -0.1) is 0 Å². The van der Waals surface area contributed by atoms with Crippen molar-refractivity contribution in [3.8, 4) is 6.07 Å². The number of nitriles is 1. The van der Waals surface area contributed by atoms with E-state index in [1.54, 1.807) is 6.07 Å². The zero-order valence-corrected chi connectivity index (χ0v) is 17.8.